The number of carbonyl (C=O) groups excluding carboxylic acids is 3. The SMILES string of the molecule is CCCCCCCCCCCCCCCCCC(=O)OCC(COC(=O)CCCCCCCCCC)OC(=O)CCCCCCCCCCC. The quantitative estimate of drug-likeness (QED) is 0.0358. The molecule has 0 heterocycles. The predicted octanol–water partition coefficient (Wildman–Crippen LogP) is 13.7. The molecule has 0 aliphatic rings. The summed E-state index contributed by atoms with van der Waals surface area (Å²) in [5, 5.41) is 0. The molecule has 6 heteroatoms. The molecule has 0 saturated heterocycles. The van der Waals surface area contributed by atoms with Crippen molar-refractivity contribution in [1.82, 2.24) is 0 Å². The van der Waals surface area contributed by atoms with E-state index in [0.717, 1.165) is 57.8 Å². The van der Waals surface area contributed by atoms with Crippen LogP contribution in [0.25, 0.3) is 0 Å². The van der Waals surface area contributed by atoms with Crippen LogP contribution in [-0.2, 0) is 28.6 Å². The fourth-order valence-electron chi connectivity index (χ4n) is 6.50. The molecule has 0 radical (unpaired) electrons. The van der Waals surface area contributed by atoms with Crippen molar-refractivity contribution in [3.05, 3.63) is 0 Å². The molecule has 296 valence electrons. The van der Waals surface area contributed by atoms with Gasteiger partial charge in [-0.3, -0.25) is 14.4 Å². The monoisotopic (exact) mass is 709 g/mol. The lowest BCUT2D eigenvalue weighted by atomic mass is 10.0. The van der Waals surface area contributed by atoms with E-state index >= 15 is 0 Å². The fourth-order valence-corrected chi connectivity index (χ4v) is 6.50. The topological polar surface area (TPSA) is 78.9 Å². The van der Waals surface area contributed by atoms with Crippen molar-refractivity contribution in [2.45, 2.75) is 252 Å². The lowest BCUT2D eigenvalue weighted by Crippen LogP contribution is -2.30. The van der Waals surface area contributed by atoms with E-state index < -0.39 is 6.10 Å². The molecule has 0 fully saturated rings. The fraction of sp³-hybridized carbons (Fsp3) is 0.932. The highest BCUT2D eigenvalue weighted by Gasteiger charge is 2.19. The van der Waals surface area contributed by atoms with Gasteiger partial charge in [0, 0.05) is 19.3 Å². The molecule has 1 unspecified atom stereocenters. The lowest BCUT2D eigenvalue weighted by Gasteiger charge is -2.18. The summed E-state index contributed by atoms with van der Waals surface area (Å²) in [6, 6.07) is 0. The van der Waals surface area contributed by atoms with Crippen LogP contribution in [0.4, 0.5) is 0 Å². The number of hydrogen-bond donors (Lipinski definition) is 0. The maximum Gasteiger partial charge on any atom is 0.306 e. The van der Waals surface area contributed by atoms with Gasteiger partial charge in [0.15, 0.2) is 6.10 Å². The second kappa shape index (κ2) is 40.2. The van der Waals surface area contributed by atoms with Gasteiger partial charge in [0.05, 0.1) is 0 Å². The van der Waals surface area contributed by atoms with Gasteiger partial charge in [-0.2, -0.15) is 0 Å². The minimum absolute atomic E-state index is 0.0634. The Hall–Kier alpha value is -1.59. The van der Waals surface area contributed by atoms with E-state index in [4.69, 9.17) is 14.2 Å². The third-order valence-electron chi connectivity index (χ3n) is 9.86. The standard InChI is InChI=1S/C44H84O6/c1-4-7-10-13-16-19-20-21-22-23-24-26-28-31-34-37-43(46)49-40-41(39-48-42(45)36-33-30-27-18-15-12-9-6-3)50-44(47)38-35-32-29-25-17-14-11-8-5-2/h41H,4-40H2,1-3H3. The number of rotatable bonds is 40. The molecule has 1 atom stereocenters. The summed E-state index contributed by atoms with van der Waals surface area (Å²) >= 11 is 0. The highest BCUT2D eigenvalue weighted by Crippen LogP contribution is 2.15. The van der Waals surface area contributed by atoms with E-state index in [0.29, 0.717) is 19.3 Å². The lowest BCUT2D eigenvalue weighted by molar-refractivity contribution is -0.167. The van der Waals surface area contributed by atoms with Crippen molar-refractivity contribution in [2.24, 2.45) is 0 Å². The van der Waals surface area contributed by atoms with E-state index in [1.165, 1.54) is 148 Å². The van der Waals surface area contributed by atoms with Crippen molar-refractivity contribution in [3.8, 4) is 0 Å². The summed E-state index contributed by atoms with van der Waals surface area (Å²) in [6.07, 6.45) is 39.5. The first-order chi connectivity index (χ1) is 24.5. The van der Waals surface area contributed by atoms with Crippen LogP contribution >= 0.6 is 0 Å². The second-order valence-corrected chi connectivity index (χ2v) is 15.0. The minimum atomic E-state index is -0.756. The van der Waals surface area contributed by atoms with Crippen LogP contribution in [0, 0.1) is 0 Å². The van der Waals surface area contributed by atoms with Crippen molar-refractivity contribution >= 4 is 17.9 Å². The summed E-state index contributed by atoms with van der Waals surface area (Å²) in [4.78, 5) is 37.5. The van der Waals surface area contributed by atoms with Crippen LogP contribution in [0.1, 0.15) is 245 Å². The number of unbranched alkanes of at least 4 members (excludes halogenated alkanes) is 29. The average Bonchev–Trinajstić information content (AvgIpc) is 3.11. The first kappa shape index (κ1) is 48.4. The van der Waals surface area contributed by atoms with Gasteiger partial charge in [0.25, 0.3) is 0 Å². The zero-order valence-corrected chi connectivity index (χ0v) is 33.7. The van der Waals surface area contributed by atoms with Crippen molar-refractivity contribution < 1.29 is 28.6 Å². The van der Waals surface area contributed by atoms with Gasteiger partial charge in [-0.1, -0.05) is 207 Å². The van der Waals surface area contributed by atoms with Gasteiger partial charge in [-0.05, 0) is 19.3 Å². The molecule has 0 saturated carbocycles. The number of ether oxygens (including phenoxy) is 3. The van der Waals surface area contributed by atoms with Crippen LogP contribution in [0.2, 0.25) is 0 Å². The zero-order valence-electron chi connectivity index (χ0n) is 33.7. The Morgan fingerprint density at radius 3 is 0.800 bits per heavy atom. The number of hydrogen-bond acceptors (Lipinski definition) is 6. The third kappa shape index (κ3) is 37.7. The molecule has 50 heavy (non-hydrogen) atoms. The van der Waals surface area contributed by atoms with Crippen LogP contribution in [-0.4, -0.2) is 37.2 Å². The minimum Gasteiger partial charge on any atom is -0.462 e. The summed E-state index contributed by atoms with van der Waals surface area (Å²) in [7, 11) is 0. The van der Waals surface area contributed by atoms with E-state index in [9.17, 15) is 14.4 Å². The van der Waals surface area contributed by atoms with Crippen molar-refractivity contribution in [1.29, 1.82) is 0 Å². The van der Waals surface area contributed by atoms with Gasteiger partial charge < -0.3 is 14.2 Å². The largest absolute Gasteiger partial charge is 0.462 e. The third-order valence-corrected chi connectivity index (χ3v) is 9.86. The Balaban J connectivity index is 4.24. The molecular formula is C44H84O6. The first-order valence-corrected chi connectivity index (χ1v) is 22.0. The Morgan fingerprint density at radius 2 is 0.540 bits per heavy atom. The zero-order chi connectivity index (χ0) is 36.6. The molecule has 0 N–H and O–H groups in total. The van der Waals surface area contributed by atoms with E-state index in [-0.39, 0.29) is 31.1 Å². The van der Waals surface area contributed by atoms with E-state index in [2.05, 4.69) is 20.8 Å². The summed E-state index contributed by atoms with van der Waals surface area (Å²) in [5.41, 5.74) is 0. The Morgan fingerprint density at radius 1 is 0.320 bits per heavy atom. The van der Waals surface area contributed by atoms with Gasteiger partial charge in [0.1, 0.15) is 13.2 Å². The Labute approximate surface area is 310 Å². The number of esters is 3. The normalized spacial score (nSPS) is 11.8. The average molecular weight is 709 g/mol. The molecule has 0 aromatic rings. The van der Waals surface area contributed by atoms with Crippen LogP contribution in [0.3, 0.4) is 0 Å². The van der Waals surface area contributed by atoms with Crippen LogP contribution in [0.15, 0.2) is 0 Å². The molecule has 0 aliphatic heterocycles. The van der Waals surface area contributed by atoms with Gasteiger partial charge >= 0.3 is 17.9 Å². The molecule has 0 amide bonds. The maximum atomic E-state index is 12.6. The summed E-state index contributed by atoms with van der Waals surface area (Å²) in [5.74, 6) is -0.861. The van der Waals surface area contributed by atoms with E-state index in [1.807, 2.05) is 0 Å². The van der Waals surface area contributed by atoms with Crippen LogP contribution in [0.5, 0.6) is 0 Å². The first-order valence-electron chi connectivity index (χ1n) is 22.0. The Bertz CT molecular complexity index is 738. The molecule has 0 spiro atoms. The van der Waals surface area contributed by atoms with Crippen molar-refractivity contribution in [3.63, 3.8) is 0 Å². The van der Waals surface area contributed by atoms with Gasteiger partial charge in [-0.25, -0.2) is 0 Å². The van der Waals surface area contributed by atoms with Gasteiger partial charge in [-0.15, -0.1) is 0 Å². The molecule has 0 bridgehead atoms. The molecule has 6 nitrogen and oxygen atoms in total. The Kier molecular flexibility index (Phi) is 38.9. The van der Waals surface area contributed by atoms with E-state index in [1.54, 1.807) is 0 Å². The molecular weight excluding hydrogens is 624 g/mol. The summed E-state index contributed by atoms with van der Waals surface area (Å²) < 4.78 is 16.6. The maximum absolute atomic E-state index is 12.6. The molecule has 0 rings (SSSR count). The molecule has 0 aromatic heterocycles. The highest BCUT2D eigenvalue weighted by atomic mass is 16.6. The summed E-state index contributed by atoms with van der Waals surface area (Å²) in [6.45, 7) is 6.60. The number of carbonyl (C=O) groups is 3. The highest BCUT2D eigenvalue weighted by molar-refractivity contribution is 5.71. The molecule has 0 aromatic carbocycles. The smallest absolute Gasteiger partial charge is 0.306 e. The predicted molar refractivity (Wildman–Crippen MR) is 210 cm³/mol. The molecule has 0 aliphatic carbocycles. The van der Waals surface area contributed by atoms with Gasteiger partial charge in [0.2, 0.25) is 0 Å². The van der Waals surface area contributed by atoms with Crippen LogP contribution < -0.4 is 0 Å². The second-order valence-electron chi connectivity index (χ2n) is 15.0. The van der Waals surface area contributed by atoms with Crippen molar-refractivity contribution in [2.75, 3.05) is 13.2 Å².